The first kappa shape index (κ1) is 13.9. The van der Waals surface area contributed by atoms with Crippen LogP contribution in [0.4, 0.5) is 13.2 Å². The molecule has 0 aliphatic carbocycles. The molecule has 0 aromatic carbocycles. The summed E-state index contributed by atoms with van der Waals surface area (Å²) < 4.78 is 37.4. The molecule has 0 unspecified atom stereocenters. The molecule has 4 nitrogen and oxygen atoms in total. The van der Waals surface area contributed by atoms with Crippen molar-refractivity contribution in [1.29, 1.82) is 0 Å². The van der Waals surface area contributed by atoms with E-state index in [4.69, 9.17) is 5.11 Å². The quantitative estimate of drug-likeness (QED) is 0.877. The maximum Gasteiger partial charge on any atom is 0.451 e. The molecule has 0 atom stereocenters. The SMILES string of the molecule is CCN(C)Cc1cc(CO)nc(C(F)(F)F)n1. The van der Waals surface area contributed by atoms with Gasteiger partial charge in [-0.1, -0.05) is 6.92 Å². The molecule has 1 aromatic heterocycles. The van der Waals surface area contributed by atoms with Gasteiger partial charge in [0.25, 0.3) is 0 Å². The summed E-state index contributed by atoms with van der Waals surface area (Å²) in [6, 6.07) is 1.38. The second kappa shape index (κ2) is 5.42. The van der Waals surface area contributed by atoms with E-state index in [1.165, 1.54) is 6.07 Å². The van der Waals surface area contributed by atoms with E-state index in [1.54, 1.807) is 7.05 Å². The number of hydrogen-bond acceptors (Lipinski definition) is 4. The van der Waals surface area contributed by atoms with E-state index in [-0.39, 0.29) is 17.9 Å². The second-order valence-electron chi connectivity index (χ2n) is 3.66. The number of aliphatic hydroxyl groups excluding tert-OH is 1. The van der Waals surface area contributed by atoms with E-state index in [0.29, 0.717) is 6.54 Å². The maximum atomic E-state index is 12.5. The highest BCUT2D eigenvalue weighted by Gasteiger charge is 2.35. The van der Waals surface area contributed by atoms with Crippen LogP contribution in [0.2, 0.25) is 0 Å². The number of hydrogen-bond donors (Lipinski definition) is 1. The van der Waals surface area contributed by atoms with Crippen LogP contribution < -0.4 is 0 Å². The Hall–Kier alpha value is -1.21. The summed E-state index contributed by atoms with van der Waals surface area (Å²) in [6.45, 7) is 2.34. The number of aromatic nitrogens is 2. The topological polar surface area (TPSA) is 49.2 Å². The summed E-state index contributed by atoms with van der Waals surface area (Å²) in [5.74, 6) is -1.21. The molecule has 17 heavy (non-hydrogen) atoms. The zero-order valence-electron chi connectivity index (χ0n) is 9.62. The maximum absolute atomic E-state index is 12.5. The molecule has 0 amide bonds. The molecule has 0 aliphatic heterocycles. The van der Waals surface area contributed by atoms with Crippen LogP contribution in [0.1, 0.15) is 24.1 Å². The Bertz CT molecular complexity index is 382. The van der Waals surface area contributed by atoms with Gasteiger partial charge in [-0.2, -0.15) is 13.2 Å². The third-order valence-corrected chi connectivity index (χ3v) is 2.22. The second-order valence-corrected chi connectivity index (χ2v) is 3.66. The van der Waals surface area contributed by atoms with E-state index < -0.39 is 18.6 Å². The van der Waals surface area contributed by atoms with Gasteiger partial charge in [-0.15, -0.1) is 0 Å². The highest BCUT2D eigenvalue weighted by atomic mass is 19.4. The normalized spacial score (nSPS) is 12.2. The standard InChI is InChI=1S/C10H14F3N3O/c1-3-16(2)5-7-4-8(6-17)15-9(14-7)10(11,12)13/h4,17H,3,5-6H2,1-2H3. The average molecular weight is 249 g/mol. The van der Waals surface area contributed by atoms with Crippen molar-refractivity contribution in [1.82, 2.24) is 14.9 Å². The van der Waals surface area contributed by atoms with E-state index in [1.807, 2.05) is 11.8 Å². The number of nitrogens with zero attached hydrogens (tertiary/aromatic N) is 3. The van der Waals surface area contributed by atoms with Crippen molar-refractivity contribution in [2.45, 2.75) is 26.3 Å². The Morgan fingerprint density at radius 2 is 1.88 bits per heavy atom. The molecule has 0 bridgehead atoms. The molecule has 1 aromatic rings. The van der Waals surface area contributed by atoms with E-state index in [0.717, 1.165) is 0 Å². The summed E-state index contributed by atoms with van der Waals surface area (Å²) in [4.78, 5) is 8.51. The van der Waals surface area contributed by atoms with Crippen LogP contribution in [0.25, 0.3) is 0 Å². The zero-order valence-corrected chi connectivity index (χ0v) is 9.62. The summed E-state index contributed by atoms with van der Waals surface area (Å²) in [7, 11) is 1.77. The molecular weight excluding hydrogens is 235 g/mol. The lowest BCUT2D eigenvalue weighted by molar-refractivity contribution is -0.145. The average Bonchev–Trinajstić information content (AvgIpc) is 2.27. The van der Waals surface area contributed by atoms with Gasteiger partial charge in [0, 0.05) is 6.54 Å². The van der Waals surface area contributed by atoms with Crippen LogP contribution in [0.15, 0.2) is 6.07 Å². The Balaban J connectivity index is 3.05. The molecular formula is C10H14F3N3O. The molecule has 1 rings (SSSR count). The van der Waals surface area contributed by atoms with Crippen molar-refractivity contribution in [2.75, 3.05) is 13.6 Å². The molecule has 1 heterocycles. The number of halogens is 3. The molecule has 0 radical (unpaired) electrons. The van der Waals surface area contributed by atoms with Crippen LogP contribution in [0, 0.1) is 0 Å². The third-order valence-electron chi connectivity index (χ3n) is 2.22. The van der Waals surface area contributed by atoms with Crippen LogP contribution in [-0.2, 0) is 19.3 Å². The molecule has 96 valence electrons. The predicted molar refractivity (Wildman–Crippen MR) is 55.0 cm³/mol. The monoisotopic (exact) mass is 249 g/mol. The predicted octanol–water partition coefficient (Wildman–Crippen LogP) is 1.44. The minimum Gasteiger partial charge on any atom is -0.390 e. The molecule has 0 aliphatic rings. The Morgan fingerprint density at radius 3 is 2.35 bits per heavy atom. The van der Waals surface area contributed by atoms with Gasteiger partial charge in [-0.05, 0) is 19.7 Å². The molecule has 0 saturated heterocycles. The van der Waals surface area contributed by atoms with Crippen molar-refractivity contribution in [3.05, 3.63) is 23.3 Å². The van der Waals surface area contributed by atoms with Gasteiger partial charge in [0.2, 0.25) is 5.82 Å². The molecule has 7 heteroatoms. The first-order chi connectivity index (χ1) is 7.86. The number of rotatable bonds is 4. The zero-order chi connectivity index (χ0) is 13.1. The lowest BCUT2D eigenvalue weighted by Crippen LogP contribution is -2.20. The molecule has 0 spiro atoms. The molecule has 0 saturated carbocycles. The first-order valence-electron chi connectivity index (χ1n) is 5.10. The fourth-order valence-electron chi connectivity index (χ4n) is 1.23. The largest absolute Gasteiger partial charge is 0.451 e. The van der Waals surface area contributed by atoms with Gasteiger partial charge < -0.3 is 10.0 Å². The van der Waals surface area contributed by atoms with E-state index in [2.05, 4.69) is 9.97 Å². The van der Waals surface area contributed by atoms with Gasteiger partial charge in [0.05, 0.1) is 18.0 Å². The van der Waals surface area contributed by atoms with Crippen LogP contribution in [-0.4, -0.2) is 33.6 Å². The van der Waals surface area contributed by atoms with Crippen molar-refractivity contribution >= 4 is 0 Å². The lowest BCUT2D eigenvalue weighted by atomic mass is 10.3. The van der Waals surface area contributed by atoms with Crippen molar-refractivity contribution in [3.63, 3.8) is 0 Å². The van der Waals surface area contributed by atoms with Gasteiger partial charge in [-0.25, -0.2) is 9.97 Å². The van der Waals surface area contributed by atoms with Crippen LogP contribution >= 0.6 is 0 Å². The van der Waals surface area contributed by atoms with Gasteiger partial charge in [0.1, 0.15) is 0 Å². The Kier molecular flexibility index (Phi) is 4.41. The van der Waals surface area contributed by atoms with Crippen molar-refractivity contribution in [3.8, 4) is 0 Å². The minimum atomic E-state index is -4.59. The first-order valence-corrected chi connectivity index (χ1v) is 5.10. The van der Waals surface area contributed by atoms with Crippen LogP contribution in [0.3, 0.4) is 0 Å². The van der Waals surface area contributed by atoms with Gasteiger partial charge in [-0.3, -0.25) is 0 Å². The smallest absolute Gasteiger partial charge is 0.390 e. The lowest BCUT2D eigenvalue weighted by Gasteiger charge is -2.15. The van der Waals surface area contributed by atoms with Gasteiger partial charge >= 0.3 is 6.18 Å². The fraction of sp³-hybridized carbons (Fsp3) is 0.600. The van der Waals surface area contributed by atoms with E-state index >= 15 is 0 Å². The van der Waals surface area contributed by atoms with Crippen molar-refractivity contribution in [2.24, 2.45) is 0 Å². The highest BCUT2D eigenvalue weighted by Crippen LogP contribution is 2.26. The number of aliphatic hydroxyl groups is 1. The number of alkyl halides is 3. The molecule has 1 N–H and O–H groups in total. The summed E-state index contributed by atoms with van der Waals surface area (Å²) in [5, 5.41) is 8.87. The van der Waals surface area contributed by atoms with Gasteiger partial charge in [0.15, 0.2) is 0 Å². The van der Waals surface area contributed by atoms with Crippen molar-refractivity contribution < 1.29 is 18.3 Å². The minimum absolute atomic E-state index is 0.0215. The summed E-state index contributed by atoms with van der Waals surface area (Å²) in [6.07, 6.45) is -4.59. The Morgan fingerprint density at radius 1 is 1.29 bits per heavy atom. The highest BCUT2D eigenvalue weighted by molar-refractivity contribution is 5.12. The molecule has 0 fully saturated rings. The Labute approximate surface area is 97.1 Å². The van der Waals surface area contributed by atoms with Crippen LogP contribution in [0.5, 0.6) is 0 Å². The summed E-state index contributed by atoms with van der Waals surface area (Å²) >= 11 is 0. The summed E-state index contributed by atoms with van der Waals surface area (Å²) in [5.41, 5.74) is 0.229. The third kappa shape index (κ3) is 3.94. The van der Waals surface area contributed by atoms with E-state index in [9.17, 15) is 13.2 Å². The fourth-order valence-corrected chi connectivity index (χ4v) is 1.23.